The molecule has 4 nitrogen and oxygen atoms in total. The van der Waals surface area contributed by atoms with Gasteiger partial charge in [0.25, 0.3) is 0 Å². The van der Waals surface area contributed by atoms with Gasteiger partial charge in [0, 0.05) is 19.5 Å². The van der Waals surface area contributed by atoms with E-state index in [1.165, 1.54) is 0 Å². The summed E-state index contributed by atoms with van der Waals surface area (Å²) in [6.45, 7) is 2.71. The molecule has 2 heterocycles. The number of nitrogens with one attached hydrogen (secondary N) is 1. The summed E-state index contributed by atoms with van der Waals surface area (Å²) in [5, 5.41) is 0. The van der Waals surface area contributed by atoms with Crippen LogP contribution in [0.15, 0.2) is 66.4 Å². The minimum Gasteiger partial charge on any atom is -0.462 e. The van der Waals surface area contributed by atoms with Crippen LogP contribution in [0.25, 0.3) is 11.0 Å². The third-order valence-electron chi connectivity index (χ3n) is 4.06. The molecule has 2 aromatic carbocycles. The minimum absolute atomic E-state index is 0.837. The van der Waals surface area contributed by atoms with E-state index >= 15 is 0 Å². The van der Waals surface area contributed by atoms with E-state index in [1.807, 2.05) is 48.5 Å². The standard InChI is InChI=1S/C19H19N3O/c1-2-6-15(7-3-1)23-16-10-12-22(13-11-16)14-19-20-17-8-4-5-9-18(17)21-19/h1-10H,11-14H2,(H,20,21). The predicted octanol–water partition coefficient (Wildman–Crippen LogP) is 3.73. The van der Waals surface area contributed by atoms with Crippen molar-refractivity contribution in [3.63, 3.8) is 0 Å². The maximum absolute atomic E-state index is 5.91. The fraction of sp³-hybridized carbons (Fsp3) is 0.211. The summed E-state index contributed by atoms with van der Waals surface area (Å²) in [4.78, 5) is 10.4. The van der Waals surface area contributed by atoms with Gasteiger partial charge in [-0.15, -0.1) is 0 Å². The fourth-order valence-corrected chi connectivity index (χ4v) is 2.86. The number of benzene rings is 2. The zero-order valence-electron chi connectivity index (χ0n) is 12.9. The topological polar surface area (TPSA) is 41.1 Å². The monoisotopic (exact) mass is 305 g/mol. The average Bonchev–Trinajstić information content (AvgIpc) is 3.00. The van der Waals surface area contributed by atoms with Crippen molar-refractivity contribution in [1.29, 1.82) is 0 Å². The number of hydrogen-bond donors (Lipinski definition) is 1. The lowest BCUT2D eigenvalue weighted by molar-refractivity contribution is 0.250. The molecule has 0 unspecified atom stereocenters. The molecule has 0 fully saturated rings. The highest BCUT2D eigenvalue weighted by molar-refractivity contribution is 5.74. The van der Waals surface area contributed by atoms with Gasteiger partial charge >= 0.3 is 0 Å². The average molecular weight is 305 g/mol. The van der Waals surface area contributed by atoms with Gasteiger partial charge in [0.1, 0.15) is 17.3 Å². The molecule has 1 aliphatic rings. The Balaban J connectivity index is 1.39. The second-order valence-electron chi connectivity index (χ2n) is 5.77. The van der Waals surface area contributed by atoms with Gasteiger partial charge < -0.3 is 9.72 Å². The summed E-state index contributed by atoms with van der Waals surface area (Å²) in [5.74, 6) is 2.98. The van der Waals surface area contributed by atoms with Crippen molar-refractivity contribution in [1.82, 2.24) is 14.9 Å². The highest BCUT2D eigenvalue weighted by atomic mass is 16.5. The molecule has 0 spiro atoms. The number of aromatic amines is 1. The molecule has 4 heteroatoms. The van der Waals surface area contributed by atoms with Crippen molar-refractivity contribution in [3.8, 4) is 5.75 Å². The number of hydrogen-bond acceptors (Lipinski definition) is 3. The predicted molar refractivity (Wildman–Crippen MR) is 91.1 cm³/mol. The maximum Gasteiger partial charge on any atom is 0.126 e. The van der Waals surface area contributed by atoms with Gasteiger partial charge in [0.15, 0.2) is 0 Å². The largest absolute Gasteiger partial charge is 0.462 e. The second-order valence-corrected chi connectivity index (χ2v) is 5.77. The number of nitrogens with zero attached hydrogens (tertiary/aromatic N) is 2. The fourth-order valence-electron chi connectivity index (χ4n) is 2.86. The van der Waals surface area contributed by atoms with Crippen molar-refractivity contribution in [3.05, 3.63) is 72.3 Å². The van der Waals surface area contributed by atoms with Crippen molar-refractivity contribution in [2.75, 3.05) is 13.1 Å². The van der Waals surface area contributed by atoms with Crippen LogP contribution in [-0.2, 0) is 6.54 Å². The molecule has 3 aromatic rings. The lowest BCUT2D eigenvalue weighted by atomic mass is 10.2. The highest BCUT2D eigenvalue weighted by Gasteiger charge is 2.15. The third-order valence-corrected chi connectivity index (χ3v) is 4.06. The third kappa shape index (κ3) is 3.27. The van der Waals surface area contributed by atoms with Crippen LogP contribution < -0.4 is 4.74 Å². The van der Waals surface area contributed by atoms with E-state index in [4.69, 9.17) is 4.74 Å². The van der Waals surface area contributed by atoms with Gasteiger partial charge in [0.2, 0.25) is 0 Å². The van der Waals surface area contributed by atoms with E-state index in [-0.39, 0.29) is 0 Å². The first kappa shape index (κ1) is 14.0. The Morgan fingerprint density at radius 3 is 2.65 bits per heavy atom. The number of fused-ring (bicyclic) bond motifs is 1. The molecule has 23 heavy (non-hydrogen) atoms. The number of aromatic nitrogens is 2. The van der Waals surface area contributed by atoms with Crippen LogP contribution in [0, 0.1) is 0 Å². The van der Waals surface area contributed by atoms with Gasteiger partial charge in [-0.1, -0.05) is 30.3 Å². The number of para-hydroxylation sites is 3. The summed E-state index contributed by atoms with van der Waals surface area (Å²) in [6.07, 6.45) is 3.09. The molecule has 0 atom stereocenters. The minimum atomic E-state index is 0.837. The van der Waals surface area contributed by atoms with Crippen LogP contribution in [-0.4, -0.2) is 28.0 Å². The Bertz CT molecular complexity index is 790. The molecule has 1 aliphatic heterocycles. The number of H-pyrrole nitrogens is 1. The van der Waals surface area contributed by atoms with Gasteiger partial charge in [-0.3, -0.25) is 4.90 Å². The molecule has 0 amide bonds. The van der Waals surface area contributed by atoms with Crippen LogP contribution in [0.3, 0.4) is 0 Å². The van der Waals surface area contributed by atoms with Gasteiger partial charge in [-0.25, -0.2) is 4.98 Å². The van der Waals surface area contributed by atoms with Gasteiger partial charge in [-0.05, 0) is 30.3 Å². The van der Waals surface area contributed by atoms with Crippen molar-refractivity contribution >= 4 is 11.0 Å². The first-order valence-corrected chi connectivity index (χ1v) is 7.95. The van der Waals surface area contributed by atoms with Gasteiger partial charge in [0.05, 0.1) is 17.6 Å². The first-order chi connectivity index (χ1) is 11.4. The lowest BCUT2D eigenvalue weighted by Gasteiger charge is -2.25. The molecule has 4 rings (SSSR count). The van der Waals surface area contributed by atoms with Crippen LogP contribution >= 0.6 is 0 Å². The highest BCUT2D eigenvalue weighted by Crippen LogP contribution is 2.19. The van der Waals surface area contributed by atoms with E-state index in [0.717, 1.165) is 54.4 Å². The Labute approximate surface area is 135 Å². The molecular weight excluding hydrogens is 286 g/mol. The molecule has 0 bridgehead atoms. The van der Waals surface area contributed by atoms with Crippen LogP contribution in [0.2, 0.25) is 0 Å². The Morgan fingerprint density at radius 2 is 1.87 bits per heavy atom. The van der Waals surface area contributed by atoms with E-state index in [9.17, 15) is 0 Å². The summed E-state index contributed by atoms with van der Waals surface area (Å²) < 4.78 is 5.91. The Morgan fingerprint density at radius 1 is 1.04 bits per heavy atom. The molecule has 0 saturated heterocycles. The summed E-state index contributed by atoms with van der Waals surface area (Å²) in [7, 11) is 0. The zero-order chi connectivity index (χ0) is 15.5. The lowest BCUT2D eigenvalue weighted by Crippen LogP contribution is -2.29. The normalized spacial score (nSPS) is 15.6. The van der Waals surface area contributed by atoms with Crippen molar-refractivity contribution < 1.29 is 4.74 Å². The zero-order valence-corrected chi connectivity index (χ0v) is 12.9. The number of ether oxygens (including phenoxy) is 1. The molecule has 0 saturated carbocycles. The molecular formula is C19H19N3O. The summed E-state index contributed by atoms with van der Waals surface area (Å²) in [5.41, 5.74) is 2.13. The maximum atomic E-state index is 5.91. The van der Waals surface area contributed by atoms with E-state index in [1.54, 1.807) is 0 Å². The quantitative estimate of drug-likeness (QED) is 0.798. The van der Waals surface area contributed by atoms with E-state index < -0.39 is 0 Å². The molecule has 1 N–H and O–H groups in total. The van der Waals surface area contributed by atoms with Crippen LogP contribution in [0.1, 0.15) is 12.2 Å². The SMILES string of the molecule is C1=C(Oc2ccccc2)CCN(Cc2nc3ccccc3[nH]2)C1. The van der Waals surface area contributed by atoms with Crippen molar-refractivity contribution in [2.24, 2.45) is 0 Å². The van der Waals surface area contributed by atoms with Crippen molar-refractivity contribution in [2.45, 2.75) is 13.0 Å². The molecule has 0 radical (unpaired) electrons. The second kappa shape index (κ2) is 6.26. The molecule has 0 aliphatic carbocycles. The Kier molecular flexibility index (Phi) is 3.82. The first-order valence-electron chi connectivity index (χ1n) is 7.95. The van der Waals surface area contributed by atoms with Crippen LogP contribution in [0.5, 0.6) is 5.75 Å². The van der Waals surface area contributed by atoms with Crippen LogP contribution in [0.4, 0.5) is 0 Å². The smallest absolute Gasteiger partial charge is 0.126 e. The Hall–Kier alpha value is -2.59. The number of rotatable bonds is 4. The molecule has 116 valence electrons. The number of imidazole rings is 1. The summed E-state index contributed by atoms with van der Waals surface area (Å²) >= 11 is 0. The van der Waals surface area contributed by atoms with Gasteiger partial charge in [-0.2, -0.15) is 0 Å². The molecule has 1 aromatic heterocycles. The van der Waals surface area contributed by atoms with E-state index in [0.29, 0.717) is 0 Å². The summed E-state index contributed by atoms with van der Waals surface area (Å²) in [6, 6.07) is 18.1. The van der Waals surface area contributed by atoms with E-state index in [2.05, 4.69) is 27.0 Å².